The van der Waals surface area contributed by atoms with Gasteiger partial charge in [0, 0.05) is 17.4 Å². The van der Waals surface area contributed by atoms with E-state index in [-0.39, 0.29) is 11.7 Å². The molecule has 0 saturated carbocycles. The van der Waals surface area contributed by atoms with Gasteiger partial charge in [0.2, 0.25) is 11.8 Å². The van der Waals surface area contributed by atoms with E-state index in [0.717, 1.165) is 23.4 Å². The van der Waals surface area contributed by atoms with Crippen LogP contribution in [0.2, 0.25) is 5.02 Å². The maximum absolute atomic E-state index is 12.9. The number of carbonyl (C=O) groups excluding carboxylic acids is 2. The fourth-order valence-electron chi connectivity index (χ4n) is 3.19. The van der Waals surface area contributed by atoms with Crippen LogP contribution in [-0.2, 0) is 22.2 Å². The molecule has 0 fully saturated rings. The summed E-state index contributed by atoms with van der Waals surface area (Å²) >= 11 is 5.56. The molecule has 1 heterocycles. The van der Waals surface area contributed by atoms with Gasteiger partial charge < -0.3 is 10.2 Å². The number of fused-ring (bicyclic) bond motifs is 1. The van der Waals surface area contributed by atoms with Crippen LogP contribution in [0.25, 0.3) is 0 Å². The monoisotopic (exact) mass is 396 g/mol. The average molecular weight is 397 g/mol. The van der Waals surface area contributed by atoms with Crippen LogP contribution in [0.15, 0.2) is 42.5 Å². The third-order valence-corrected chi connectivity index (χ3v) is 4.67. The van der Waals surface area contributed by atoms with Crippen LogP contribution in [0, 0.1) is 0 Å². The number of nitrogens with one attached hydrogen (secondary N) is 1. The summed E-state index contributed by atoms with van der Waals surface area (Å²) in [6.07, 6.45) is -4.42. The fraction of sp³-hybridized carbons (Fsp3) is 0.263. The number of rotatable bonds is 3. The van der Waals surface area contributed by atoms with Crippen molar-refractivity contribution in [1.82, 2.24) is 0 Å². The maximum Gasteiger partial charge on any atom is 0.417 e. The van der Waals surface area contributed by atoms with Gasteiger partial charge in [-0.15, -0.1) is 0 Å². The van der Waals surface area contributed by atoms with E-state index >= 15 is 0 Å². The second-order valence-electron chi connectivity index (χ2n) is 6.36. The Bertz CT molecular complexity index is 899. The number of halogens is 4. The molecule has 0 radical (unpaired) electrons. The number of anilines is 2. The summed E-state index contributed by atoms with van der Waals surface area (Å²) in [5.74, 6) is -1.10. The number of hydrogen-bond acceptors (Lipinski definition) is 2. The molecule has 3 rings (SSSR count). The Morgan fingerprint density at radius 1 is 1.22 bits per heavy atom. The minimum Gasteiger partial charge on any atom is -0.326 e. The number of alkyl halides is 3. The first-order valence-electron chi connectivity index (χ1n) is 8.23. The van der Waals surface area contributed by atoms with E-state index in [2.05, 4.69) is 5.32 Å². The molecular weight excluding hydrogens is 381 g/mol. The van der Waals surface area contributed by atoms with Crippen molar-refractivity contribution >= 4 is 34.8 Å². The predicted octanol–water partition coefficient (Wildman–Crippen LogP) is 4.67. The first-order chi connectivity index (χ1) is 12.7. The molecule has 4 nitrogen and oxygen atoms in total. The molecule has 1 aliphatic heterocycles. The highest BCUT2D eigenvalue weighted by Gasteiger charge is 2.34. The van der Waals surface area contributed by atoms with Crippen LogP contribution < -0.4 is 10.2 Å². The van der Waals surface area contributed by atoms with E-state index < -0.39 is 35.0 Å². The number of carbonyl (C=O) groups is 2. The van der Waals surface area contributed by atoms with Crippen molar-refractivity contribution in [2.75, 3.05) is 10.2 Å². The smallest absolute Gasteiger partial charge is 0.326 e. The summed E-state index contributed by atoms with van der Waals surface area (Å²) in [6, 6.07) is 10.4. The van der Waals surface area contributed by atoms with Crippen molar-refractivity contribution in [3.8, 4) is 0 Å². The van der Waals surface area contributed by atoms with E-state index in [0.29, 0.717) is 6.42 Å². The molecule has 27 heavy (non-hydrogen) atoms. The second-order valence-corrected chi connectivity index (χ2v) is 6.77. The summed E-state index contributed by atoms with van der Waals surface area (Å²) in [6.45, 7) is 1.88. The van der Waals surface area contributed by atoms with Crippen molar-refractivity contribution in [3.05, 3.63) is 58.6 Å². The van der Waals surface area contributed by atoms with Gasteiger partial charge in [0.05, 0.1) is 10.6 Å². The average Bonchev–Trinajstić information content (AvgIpc) is 2.91. The number of benzene rings is 2. The second kappa shape index (κ2) is 7.23. The Balaban J connectivity index is 1.71. The minimum absolute atomic E-state index is 0.0700. The molecule has 0 bridgehead atoms. The molecule has 1 atom stereocenters. The molecule has 0 spiro atoms. The van der Waals surface area contributed by atoms with Gasteiger partial charge in [-0.3, -0.25) is 9.59 Å². The van der Waals surface area contributed by atoms with Gasteiger partial charge in [-0.2, -0.15) is 13.2 Å². The normalized spacial score (nSPS) is 16.2. The third-order valence-electron chi connectivity index (χ3n) is 4.34. The first kappa shape index (κ1) is 19.2. The van der Waals surface area contributed by atoms with Crippen LogP contribution in [0.1, 0.15) is 24.5 Å². The van der Waals surface area contributed by atoms with E-state index in [1.165, 1.54) is 6.07 Å². The highest BCUT2D eigenvalue weighted by molar-refractivity contribution is 6.31. The quantitative estimate of drug-likeness (QED) is 0.767. The van der Waals surface area contributed by atoms with E-state index in [1.807, 2.05) is 31.2 Å². The Kier molecular flexibility index (Phi) is 5.15. The topological polar surface area (TPSA) is 49.4 Å². The minimum atomic E-state index is -4.64. The highest BCUT2D eigenvalue weighted by atomic mass is 35.5. The predicted molar refractivity (Wildman–Crippen MR) is 96.8 cm³/mol. The zero-order valence-electron chi connectivity index (χ0n) is 14.3. The number of para-hydroxylation sites is 1. The Hall–Kier alpha value is -2.54. The van der Waals surface area contributed by atoms with Crippen molar-refractivity contribution in [3.63, 3.8) is 0 Å². The molecule has 8 heteroatoms. The van der Waals surface area contributed by atoms with Crippen LogP contribution in [0.4, 0.5) is 24.5 Å². The van der Waals surface area contributed by atoms with Crippen LogP contribution in [0.5, 0.6) is 0 Å². The van der Waals surface area contributed by atoms with Crippen LogP contribution in [-0.4, -0.2) is 17.9 Å². The third kappa shape index (κ3) is 4.08. The number of nitrogens with zero attached hydrogens (tertiary/aromatic N) is 1. The fourth-order valence-corrected chi connectivity index (χ4v) is 3.42. The standard InChI is InChI=1S/C19H16ClF3N2O2/c1-11-8-12-4-2-3-5-16(12)25(11)18(27)10-17(26)24-13-6-7-15(20)14(9-13)19(21,22)23/h2-7,9,11H,8,10H2,1H3,(H,24,26). The van der Waals surface area contributed by atoms with Crippen molar-refractivity contribution in [1.29, 1.82) is 0 Å². The molecule has 2 aromatic rings. The number of amides is 2. The molecule has 0 saturated heterocycles. The zero-order chi connectivity index (χ0) is 19.8. The molecular formula is C19H16ClF3N2O2. The van der Waals surface area contributed by atoms with Gasteiger partial charge in [-0.25, -0.2) is 0 Å². The van der Waals surface area contributed by atoms with Gasteiger partial charge in [-0.05, 0) is 43.2 Å². The summed E-state index contributed by atoms with van der Waals surface area (Å²) in [5, 5.41) is 1.87. The van der Waals surface area contributed by atoms with Crippen LogP contribution >= 0.6 is 11.6 Å². The Labute approximate surface area is 158 Å². The molecule has 1 unspecified atom stereocenters. The largest absolute Gasteiger partial charge is 0.417 e. The van der Waals surface area contributed by atoms with Gasteiger partial charge in [0.25, 0.3) is 0 Å². The summed E-state index contributed by atoms with van der Waals surface area (Å²) in [4.78, 5) is 26.3. The molecule has 2 aromatic carbocycles. The Morgan fingerprint density at radius 2 is 1.93 bits per heavy atom. The SMILES string of the molecule is CC1Cc2ccccc2N1C(=O)CC(=O)Nc1ccc(Cl)c(C(F)(F)F)c1. The first-order valence-corrected chi connectivity index (χ1v) is 8.61. The van der Waals surface area contributed by atoms with Gasteiger partial charge in [0.1, 0.15) is 6.42 Å². The summed E-state index contributed by atoms with van der Waals surface area (Å²) < 4.78 is 38.7. The molecule has 1 aliphatic rings. The van der Waals surface area contributed by atoms with Crippen molar-refractivity contribution in [2.45, 2.75) is 32.0 Å². The lowest BCUT2D eigenvalue weighted by molar-refractivity contribution is -0.137. The van der Waals surface area contributed by atoms with Gasteiger partial charge in [0.15, 0.2) is 0 Å². The lowest BCUT2D eigenvalue weighted by Gasteiger charge is -2.22. The molecule has 0 aromatic heterocycles. The summed E-state index contributed by atoms with van der Waals surface area (Å²) in [7, 11) is 0. The molecule has 1 N–H and O–H groups in total. The lowest BCUT2D eigenvalue weighted by atomic mass is 10.1. The molecule has 142 valence electrons. The van der Waals surface area contributed by atoms with Crippen molar-refractivity contribution < 1.29 is 22.8 Å². The number of hydrogen-bond donors (Lipinski definition) is 1. The van der Waals surface area contributed by atoms with E-state index in [4.69, 9.17) is 11.6 Å². The molecule has 2 amide bonds. The van der Waals surface area contributed by atoms with E-state index in [9.17, 15) is 22.8 Å². The van der Waals surface area contributed by atoms with Crippen molar-refractivity contribution in [2.24, 2.45) is 0 Å². The highest BCUT2D eigenvalue weighted by Crippen LogP contribution is 2.36. The maximum atomic E-state index is 12.9. The van der Waals surface area contributed by atoms with Crippen LogP contribution in [0.3, 0.4) is 0 Å². The molecule has 0 aliphatic carbocycles. The Morgan fingerprint density at radius 3 is 2.63 bits per heavy atom. The lowest BCUT2D eigenvalue weighted by Crippen LogP contribution is -2.37. The van der Waals surface area contributed by atoms with E-state index in [1.54, 1.807) is 4.90 Å². The summed E-state index contributed by atoms with van der Waals surface area (Å²) in [5.41, 5.74) is 0.662. The van der Waals surface area contributed by atoms with Gasteiger partial charge in [-0.1, -0.05) is 29.8 Å². The zero-order valence-corrected chi connectivity index (χ0v) is 15.1. The van der Waals surface area contributed by atoms with Gasteiger partial charge >= 0.3 is 6.18 Å².